The van der Waals surface area contributed by atoms with E-state index in [-0.39, 0.29) is 12.5 Å². The van der Waals surface area contributed by atoms with Gasteiger partial charge in [0.15, 0.2) is 0 Å². The molecule has 0 saturated heterocycles. The average molecular weight is 848 g/mol. The Morgan fingerprint density at radius 3 is 0.967 bits per heavy atom. The predicted molar refractivity (Wildman–Crippen MR) is 264 cm³/mol. The maximum Gasteiger partial charge on any atom is 0.220 e. The van der Waals surface area contributed by atoms with Crippen LogP contribution >= 0.6 is 0 Å². The largest absolute Gasteiger partial charge is 0.394 e. The van der Waals surface area contributed by atoms with Crippen LogP contribution in [0.5, 0.6) is 0 Å². The summed E-state index contributed by atoms with van der Waals surface area (Å²) in [4.78, 5) is 12.5. The maximum atomic E-state index is 12.5. The minimum Gasteiger partial charge on any atom is -0.394 e. The number of carbonyl (C=O) groups is 1. The van der Waals surface area contributed by atoms with E-state index in [1.807, 2.05) is 0 Å². The summed E-state index contributed by atoms with van der Waals surface area (Å²) in [5, 5.41) is 33.8. The van der Waals surface area contributed by atoms with Crippen LogP contribution in [0, 0.1) is 0 Å². The molecule has 0 aromatic rings. The number of amides is 1. The zero-order valence-corrected chi connectivity index (χ0v) is 40.9. The van der Waals surface area contributed by atoms with Gasteiger partial charge in [-0.25, -0.2) is 0 Å². The number of aliphatic hydroxyl groups excluding tert-OH is 3. The van der Waals surface area contributed by atoms with Crippen LogP contribution in [0.2, 0.25) is 0 Å². The fraction of sp³-hybridized carbons (Fsp3) is 0.945. The van der Waals surface area contributed by atoms with E-state index in [0.717, 1.165) is 32.1 Å². The molecule has 0 rings (SSSR count). The van der Waals surface area contributed by atoms with Crippen molar-refractivity contribution in [2.75, 3.05) is 6.61 Å². The van der Waals surface area contributed by atoms with E-state index in [2.05, 4.69) is 31.3 Å². The second-order valence-electron chi connectivity index (χ2n) is 19.1. The first kappa shape index (κ1) is 59.1. The Bertz CT molecular complexity index is 848. The summed E-state index contributed by atoms with van der Waals surface area (Å²) >= 11 is 0. The van der Waals surface area contributed by atoms with Gasteiger partial charge in [0.2, 0.25) is 5.91 Å². The standard InChI is InChI=1S/C55H109NO4/c1-3-5-7-9-11-13-15-17-19-21-23-24-25-26-27-28-29-30-32-34-36-38-40-42-44-46-48-50-54(59)56-52(51-57)55(60)53(58)49-47-45-43-41-39-37-35-33-31-22-20-18-16-14-12-10-8-6-4-2/h26-27,52-53,55,57-58,60H,3-25,28-51H2,1-2H3,(H,56,59)/b27-26-. The smallest absolute Gasteiger partial charge is 0.220 e. The third-order valence-corrected chi connectivity index (χ3v) is 13.1. The highest BCUT2D eigenvalue weighted by Crippen LogP contribution is 2.18. The van der Waals surface area contributed by atoms with Crippen molar-refractivity contribution in [3.63, 3.8) is 0 Å². The number of allylic oxidation sites excluding steroid dienone is 2. The van der Waals surface area contributed by atoms with E-state index in [0.29, 0.717) is 12.8 Å². The molecular weight excluding hydrogens is 739 g/mol. The lowest BCUT2D eigenvalue weighted by molar-refractivity contribution is -0.124. The Hall–Kier alpha value is -0.910. The van der Waals surface area contributed by atoms with Crippen molar-refractivity contribution in [1.82, 2.24) is 5.32 Å². The van der Waals surface area contributed by atoms with Crippen LogP contribution in [0.3, 0.4) is 0 Å². The molecule has 0 aliphatic rings. The first-order valence-corrected chi connectivity index (χ1v) is 27.5. The lowest BCUT2D eigenvalue weighted by Crippen LogP contribution is -2.50. The van der Waals surface area contributed by atoms with Crippen molar-refractivity contribution in [3.8, 4) is 0 Å². The number of aliphatic hydroxyl groups is 3. The number of hydrogen-bond acceptors (Lipinski definition) is 4. The van der Waals surface area contributed by atoms with Gasteiger partial charge in [0.1, 0.15) is 6.10 Å². The van der Waals surface area contributed by atoms with Crippen LogP contribution < -0.4 is 5.32 Å². The van der Waals surface area contributed by atoms with Crippen molar-refractivity contribution in [3.05, 3.63) is 12.2 Å². The number of hydrogen-bond donors (Lipinski definition) is 4. The molecule has 5 nitrogen and oxygen atoms in total. The molecule has 0 radical (unpaired) electrons. The summed E-state index contributed by atoms with van der Waals surface area (Å²) in [7, 11) is 0. The minimum atomic E-state index is -1.13. The predicted octanol–water partition coefficient (Wildman–Crippen LogP) is 16.7. The first-order valence-electron chi connectivity index (χ1n) is 27.5. The van der Waals surface area contributed by atoms with Gasteiger partial charge in [0.05, 0.1) is 18.8 Å². The fourth-order valence-corrected chi connectivity index (χ4v) is 8.87. The topological polar surface area (TPSA) is 89.8 Å². The van der Waals surface area contributed by atoms with E-state index in [4.69, 9.17) is 0 Å². The second-order valence-corrected chi connectivity index (χ2v) is 19.1. The van der Waals surface area contributed by atoms with Gasteiger partial charge in [-0.15, -0.1) is 0 Å². The molecule has 5 heteroatoms. The van der Waals surface area contributed by atoms with E-state index in [1.54, 1.807) is 0 Å². The van der Waals surface area contributed by atoms with Crippen molar-refractivity contribution in [2.45, 2.75) is 327 Å². The quantitative estimate of drug-likeness (QED) is 0.0363. The molecule has 0 heterocycles. The lowest BCUT2D eigenvalue weighted by Gasteiger charge is -2.26. The molecule has 358 valence electrons. The number of nitrogens with one attached hydrogen (secondary N) is 1. The van der Waals surface area contributed by atoms with Crippen LogP contribution in [0.15, 0.2) is 12.2 Å². The number of unbranched alkanes of at least 4 members (excludes halogenated alkanes) is 41. The van der Waals surface area contributed by atoms with Gasteiger partial charge in [-0.3, -0.25) is 4.79 Å². The van der Waals surface area contributed by atoms with E-state index < -0.39 is 18.2 Å². The Balaban J connectivity index is 3.52. The summed E-state index contributed by atoms with van der Waals surface area (Å²) in [6, 6.07) is -0.807. The summed E-state index contributed by atoms with van der Waals surface area (Å²) in [6.45, 7) is 4.22. The lowest BCUT2D eigenvalue weighted by atomic mass is 9.99. The van der Waals surface area contributed by atoms with E-state index >= 15 is 0 Å². The van der Waals surface area contributed by atoms with Gasteiger partial charge in [-0.05, 0) is 38.5 Å². The van der Waals surface area contributed by atoms with E-state index in [9.17, 15) is 20.1 Å². The van der Waals surface area contributed by atoms with Crippen LogP contribution in [-0.2, 0) is 4.79 Å². The number of rotatable bonds is 51. The highest BCUT2D eigenvalue weighted by molar-refractivity contribution is 5.76. The van der Waals surface area contributed by atoms with Gasteiger partial charge in [0, 0.05) is 6.42 Å². The summed E-state index contributed by atoms with van der Waals surface area (Å²) < 4.78 is 0. The molecule has 0 aromatic heterocycles. The molecule has 0 aliphatic heterocycles. The third-order valence-electron chi connectivity index (χ3n) is 13.1. The van der Waals surface area contributed by atoms with Crippen LogP contribution in [0.25, 0.3) is 0 Å². The monoisotopic (exact) mass is 848 g/mol. The van der Waals surface area contributed by atoms with Crippen LogP contribution in [0.4, 0.5) is 0 Å². The van der Waals surface area contributed by atoms with Gasteiger partial charge >= 0.3 is 0 Å². The minimum absolute atomic E-state index is 0.140. The molecule has 60 heavy (non-hydrogen) atoms. The molecular formula is C55H109NO4. The Kier molecular flexibility index (Phi) is 50.0. The van der Waals surface area contributed by atoms with Crippen molar-refractivity contribution < 1.29 is 20.1 Å². The normalized spacial score (nSPS) is 13.3. The Morgan fingerprint density at radius 1 is 0.400 bits per heavy atom. The Morgan fingerprint density at radius 2 is 0.667 bits per heavy atom. The van der Waals surface area contributed by atoms with Crippen LogP contribution in [-0.4, -0.2) is 46.1 Å². The molecule has 0 aromatic carbocycles. The first-order chi connectivity index (χ1) is 29.6. The molecule has 0 fully saturated rings. The SMILES string of the molecule is CCCCCCCCCCCCCC/C=C\CCCCCCCCCCCCCC(=O)NC(CO)C(O)C(O)CCCCCCCCCCCCCCCCCCCCC. The van der Waals surface area contributed by atoms with Crippen molar-refractivity contribution in [2.24, 2.45) is 0 Å². The average Bonchev–Trinajstić information content (AvgIpc) is 3.25. The zero-order chi connectivity index (χ0) is 43.7. The van der Waals surface area contributed by atoms with Crippen molar-refractivity contribution >= 4 is 5.91 Å². The van der Waals surface area contributed by atoms with Crippen molar-refractivity contribution in [1.29, 1.82) is 0 Å². The summed E-state index contributed by atoms with van der Waals surface area (Å²) in [6.07, 6.45) is 62.1. The van der Waals surface area contributed by atoms with Gasteiger partial charge in [-0.2, -0.15) is 0 Å². The highest BCUT2D eigenvalue weighted by atomic mass is 16.3. The van der Waals surface area contributed by atoms with Gasteiger partial charge in [-0.1, -0.05) is 276 Å². The molecule has 0 aliphatic carbocycles. The molecule has 1 amide bonds. The summed E-state index contributed by atoms with van der Waals surface area (Å²) in [5.74, 6) is -0.140. The highest BCUT2D eigenvalue weighted by Gasteiger charge is 2.26. The van der Waals surface area contributed by atoms with E-state index in [1.165, 1.54) is 250 Å². The van der Waals surface area contributed by atoms with Crippen LogP contribution in [0.1, 0.15) is 309 Å². The molecule has 3 unspecified atom stereocenters. The third kappa shape index (κ3) is 45.1. The summed E-state index contributed by atoms with van der Waals surface area (Å²) in [5.41, 5.74) is 0. The number of carbonyl (C=O) groups excluding carboxylic acids is 1. The van der Waals surface area contributed by atoms with Gasteiger partial charge in [0.25, 0.3) is 0 Å². The van der Waals surface area contributed by atoms with Gasteiger partial charge < -0.3 is 20.6 Å². The maximum absolute atomic E-state index is 12.5. The molecule has 0 saturated carbocycles. The molecule has 0 bridgehead atoms. The second kappa shape index (κ2) is 50.7. The fourth-order valence-electron chi connectivity index (χ4n) is 8.87. The molecule has 4 N–H and O–H groups in total. The molecule has 3 atom stereocenters. The zero-order valence-electron chi connectivity index (χ0n) is 40.9. The molecule has 0 spiro atoms. The Labute approximate surface area is 376 Å².